The van der Waals surface area contributed by atoms with Crippen LogP contribution in [0, 0.1) is 0 Å². The summed E-state index contributed by atoms with van der Waals surface area (Å²) in [7, 11) is 3.41. The van der Waals surface area contributed by atoms with E-state index in [-0.39, 0.29) is 0 Å². The first-order chi connectivity index (χ1) is 10.2. The van der Waals surface area contributed by atoms with Gasteiger partial charge in [-0.3, -0.25) is 0 Å². The molecule has 1 N–H and O–H groups in total. The first-order valence-electron chi connectivity index (χ1n) is 7.98. The van der Waals surface area contributed by atoms with Crippen molar-refractivity contribution >= 4 is 5.69 Å². The molecule has 1 saturated heterocycles. The van der Waals surface area contributed by atoms with E-state index in [1.165, 1.54) is 37.8 Å². The molecule has 1 heterocycles. The Bertz CT molecular complexity index is 456. The fourth-order valence-corrected chi connectivity index (χ4v) is 3.72. The van der Waals surface area contributed by atoms with Crippen molar-refractivity contribution in [2.24, 2.45) is 0 Å². The largest absolute Gasteiger partial charge is 0.497 e. The highest BCUT2D eigenvalue weighted by molar-refractivity contribution is 5.56. The normalized spacial score (nSPS) is 21.3. The number of nitrogens with one attached hydrogen (secondary N) is 1. The van der Waals surface area contributed by atoms with E-state index in [1.54, 1.807) is 14.2 Å². The van der Waals surface area contributed by atoms with Crippen LogP contribution in [0.1, 0.15) is 32.1 Å². The van der Waals surface area contributed by atoms with Crippen molar-refractivity contribution in [3.05, 3.63) is 18.2 Å². The predicted octanol–water partition coefficient (Wildman–Crippen LogP) is 2.82. The third-order valence-corrected chi connectivity index (χ3v) is 4.89. The van der Waals surface area contributed by atoms with Gasteiger partial charge in [0.15, 0.2) is 0 Å². The molecule has 4 nitrogen and oxygen atoms in total. The fourth-order valence-electron chi connectivity index (χ4n) is 3.72. The Hall–Kier alpha value is -1.42. The number of nitrogens with zero attached hydrogens (tertiary/aromatic N) is 1. The molecule has 21 heavy (non-hydrogen) atoms. The van der Waals surface area contributed by atoms with Crippen LogP contribution < -0.4 is 19.7 Å². The minimum atomic E-state index is 0.312. The van der Waals surface area contributed by atoms with E-state index < -0.39 is 0 Å². The summed E-state index contributed by atoms with van der Waals surface area (Å²) in [6, 6.07) is 6.16. The zero-order chi connectivity index (χ0) is 14.7. The van der Waals surface area contributed by atoms with Crippen molar-refractivity contribution in [2.75, 3.05) is 38.8 Å². The molecule has 1 aromatic rings. The summed E-state index contributed by atoms with van der Waals surface area (Å²) in [5.74, 6) is 1.72. The number of piperazine rings is 1. The van der Waals surface area contributed by atoms with Crippen LogP contribution in [-0.2, 0) is 0 Å². The van der Waals surface area contributed by atoms with Gasteiger partial charge in [0.05, 0.1) is 14.2 Å². The highest BCUT2D eigenvalue weighted by Crippen LogP contribution is 2.34. The molecule has 0 unspecified atom stereocenters. The van der Waals surface area contributed by atoms with Gasteiger partial charge in [-0.15, -0.1) is 0 Å². The van der Waals surface area contributed by atoms with Gasteiger partial charge in [0.2, 0.25) is 0 Å². The number of anilines is 1. The highest BCUT2D eigenvalue weighted by atomic mass is 16.5. The van der Waals surface area contributed by atoms with Crippen LogP contribution in [0.25, 0.3) is 0 Å². The zero-order valence-electron chi connectivity index (χ0n) is 13.2. The third-order valence-electron chi connectivity index (χ3n) is 4.89. The van der Waals surface area contributed by atoms with Gasteiger partial charge in [-0.2, -0.15) is 0 Å². The Balaban J connectivity index is 1.82. The minimum absolute atomic E-state index is 0.312. The maximum absolute atomic E-state index is 5.40. The molecule has 2 aliphatic rings. The van der Waals surface area contributed by atoms with Gasteiger partial charge in [0.25, 0.3) is 0 Å². The molecule has 1 spiro atoms. The van der Waals surface area contributed by atoms with Crippen molar-refractivity contribution in [3.8, 4) is 11.5 Å². The van der Waals surface area contributed by atoms with Gasteiger partial charge in [-0.25, -0.2) is 0 Å². The lowest BCUT2D eigenvalue weighted by molar-refractivity contribution is 0.216. The van der Waals surface area contributed by atoms with E-state index in [0.717, 1.165) is 31.1 Å². The monoisotopic (exact) mass is 290 g/mol. The second-order valence-electron chi connectivity index (χ2n) is 6.26. The highest BCUT2D eigenvalue weighted by Gasteiger charge is 2.36. The van der Waals surface area contributed by atoms with Gasteiger partial charge in [-0.1, -0.05) is 19.3 Å². The molecule has 116 valence electrons. The van der Waals surface area contributed by atoms with E-state index in [4.69, 9.17) is 9.47 Å². The smallest absolute Gasteiger partial charge is 0.124 e. The van der Waals surface area contributed by atoms with Crippen LogP contribution in [0.3, 0.4) is 0 Å². The average Bonchev–Trinajstić information content (AvgIpc) is 2.55. The maximum atomic E-state index is 5.40. The van der Waals surface area contributed by atoms with Gasteiger partial charge < -0.3 is 19.7 Å². The second-order valence-corrected chi connectivity index (χ2v) is 6.26. The first kappa shape index (κ1) is 14.5. The maximum Gasteiger partial charge on any atom is 0.124 e. The summed E-state index contributed by atoms with van der Waals surface area (Å²) in [6.45, 7) is 3.18. The van der Waals surface area contributed by atoms with Crippen molar-refractivity contribution in [1.29, 1.82) is 0 Å². The number of rotatable bonds is 3. The van der Waals surface area contributed by atoms with Crippen molar-refractivity contribution in [1.82, 2.24) is 5.32 Å². The minimum Gasteiger partial charge on any atom is -0.497 e. The Morgan fingerprint density at radius 1 is 1.00 bits per heavy atom. The lowest BCUT2D eigenvalue weighted by atomic mass is 9.80. The number of ether oxygens (including phenoxy) is 2. The van der Waals surface area contributed by atoms with Crippen LogP contribution in [-0.4, -0.2) is 39.4 Å². The Morgan fingerprint density at radius 2 is 1.67 bits per heavy atom. The van der Waals surface area contributed by atoms with Gasteiger partial charge >= 0.3 is 0 Å². The molecule has 0 amide bonds. The standard InChI is InChI=1S/C17H26N2O2/c1-20-15-10-14(11-16(12-15)21-2)19-9-8-18-17(13-19)6-4-3-5-7-17/h10-12,18H,3-9,13H2,1-2H3. The molecule has 4 heteroatoms. The zero-order valence-corrected chi connectivity index (χ0v) is 13.2. The molecule has 0 radical (unpaired) electrons. The molecule has 1 aromatic carbocycles. The predicted molar refractivity (Wildman–Crippen MR) is 85.6 cm³/mol. The molecular weight excluding hydrogens is 264 g/mol. The number of benzene rings is 1. The first-order valence-corrected chi connectivity index (χ1v) is 7.98. The molecule has 1 aliphatic carbocycles. The summed E-state index contributed by atoms with van der Waals surface area (Å²) in [5, 5.41) is 3.79. The Labute approximate surface area is 127 Å². The van der Waals surface area contributed by atoms with Crippen LogP contribution in [0.15, 0.2) is 18.2 Å². The van der Waals surface area contributed by atoms with Crippen molar-refractivity contribution in [3.63, 3.8) is 0 Å². The average molecular weight is 290 g/mol. The van der Waals surface area contributed by atoms with Crippen LogP contribution >= 0.6 is 0 Å². The summed E-state index contributed by atoms with van der Waals surface area (Å²) >= 11 is 0. The van der Waals surface area contributed by atoms with Crippen LogP contribution in [0.4, 0.5) is 5.69 Å². The summed E-state index contributed by atoms with van der Waals surface area (Å²) in [6.07, 6.45) is 6.68. The molecule has 1 aliphatic heterocycles. The summed E-state index contributed by atoms with van der Waals surface area (Å²) in [5.41, 5.74) is 1.52. The molecule has 3 rings (SSSR count). The van der Waals surface area contributed by atoms with Crippen molar-refractivity contribution < 1.29 is 9.47 Å². The lowest BCUT2D eigenvalue weighted by Crippen LogP contribution is -2.61. The molecule has 0 atom stereocenters. The fraction of sp³-hybridized carbons (Fsp3) is 0.647. The number of hydrogen-bond acceptors (Lipinski definition) is 4. The van der Waals surface area contributed by atoms with Gasteiger partial charge in [-0.05, 0) is 12.8 Å². The quantitative estimate of drug-likeness (QED) is 0.928. The van der Waals surface area contributed by atoms with E-state index >= 15 is 0 Å². The van der Waals surface area contributed by atoms with E-state index in [9.17, 15) is 0 Å². The van der Waals surface area contributed by atoms with Crippen LogP contribution in [0.2, 0.25) is 0 Å². The van der Waals surface area contributed by atoms with Gasteiger partial charge in [0, 0.05) is 49.1 Å². The number of methoxy groups -OCH3 is 2. The molecular formula is C17H26N2O2. The Morgan fingerprint density at radius 3 is 2.29 bits per heavy atom. The topological polar surface area (TPSA) is 33.7 Å². The lowest BCUT2D eigenvalue weighted by Gasteiger charge is -2.47. The molecule has 1 saturated carbocycles. The van der Waals surface area contributed by atoms with Gasteiger partial charge in [0.1, 0.15) is 11.5 Å². The molecule has 0 aromatic heterocycles. The van der Waals surface area contributed by atoms with Crippen molar-refractivity contribution in [2.45, 2.75) is 37.6 Å². The summed E-state index contributed by atoms with van der Waals surface area (Å²) < 4.78 is 10.8. The second kappa shape index (κ2) is 6.14. The Kier molecular flexibility index (Phi) is 4.24. The SMILES string of the molecule is COc1cc(OC)cc(N2CCNC3(CCCCC3)C2)c1. The van der Waals surface area contributed by atoms with E-state index in [0.29, 0.717) is 5.54 Å². The third kappa shape index (κ3) is 3.10. The summed E-state index contributed by atoms with van der Waals surface area (Å²) in [4.78, 5) is 2.48. The van der Waals surface area contributed by atoms with Crippen LogP contribution in [0.5, 0.6) is 11.5 Å². The van der Waals surface area contributed by atoms with E-state index in [1.807, 2.05) is 6.07 Å². The molecule has 2 fully saturated rings. The van der Waals surface area contributed by atoms with E-state index in [2.05, 4.69) is 22.3 Å². The number of hydrogen-bond donors (Lipinski definition) is 1. The molecule has 0 bridgehead atoms.